The Bertz CT molecular complexity index is 766. The van der Waals surface area contributed by atoms with Gasteiger partial charge >= 0.3 is 0 Å². The normalized spacial score (nSPS) is 14.4. The van der Waals surface area contributed by atoms with E-state index in [9.17, 15) is 5.26 Å². The van der Waals surface area contributed by atoms with E-state index in [-0.39, 0.29) is 0 Å². The maximum Gasteiger partial charge on any atom is 0.188 e. The van der Waals surface area contributed by atoms with Crippen molar-refractivity contribution >= 4 is 11.8 Å². The summed E-state index contributed by atoms with van der Waals surface area (Å²) >= 11 is 0. The molecule has 124 valence electrons. The molecule has 3 rings (SSSR count). The molecule has 5 N–H and O–H groups in total. The van der Waals surface area contributed by atoms with Gasteiger partial charge in [-0.3, -0.25) is 4.99 Å². The van der Waals surface area contributed by atoms with Crippen LogP contribution < -0.4 is 16.8 Å². The van der Waals surface area contributed by atoms with Crippen LogP contribution in [0.4, 0.5) is 5.82 Å². The average molecular weight is 323 g/mol. The summed E-state index contributed by atoms with van der Waals surface area (Å²) in [5.74, 6) is 0.865. The minimum atomic E-state index is 0.372. The number of nitriles is 1. The van der Waals surface area contributed by atoms with Gasteiger partial charge in [0, 0.05) is 12.6 Å². The number of guanidine groups is 1. The predicted molar refractivity (Wildman–Crippen MR) is 93.7 cm³/mol. The monoisotopic (exact) mass is 323 g/mol. The third-order valence-corrected chi connectivity index (χ3v) is 3.89. The van der Waals surface area contributed by atoms with Crippen molar-refractivity contribution in [3.63, 3.8) is 0 Å². The highest BCUT2D eigenvalue weighted by molar-refractivity contribution is 5.78. The lowest BCUT2D eigenvalue weighted by atomic mass is 10.1. The number of hydrogen-bond acceptors (Lipinski definition) is 4. The maximum atomic E-state index is 9.37. The summed E-state index contributed by atoms with van der Waals surface area (Å²) in [5.41, 5.74) is 13.9. The topological polar surface area (TPSA) is 118 Å². The summed E-state index contributed by atoms with van der Waals surface area (Å²) in [4.78, 5) is 4.30. The molecular weight excluding hydrogens is 302 g/mol. The van der Waals surface area contributed by atoms with Crippen LogP contribution in [0.25, 0.3) is 5.69 Å². The lowest BCUT2D eigenvalue weighted by molar-refractivity contribution is 0.770. The zero-order valence-corrected chi connectivity index (χ0v) is 13.4. The fraction of sp³-hybridized carbons (Fsp3) is 0.353. The molecule has 0 atom stereocenters. The highest BCUT2D eigenvalue weighted by Gasteiger charge is 2.21. The zero-order valence-electron chi connectivity index (χ0n) is 13.4. The second kappa shape index (κ2) is 7.04. The van der Waals surface area contributed by atoms with Crippen LogP contribution in [0, 0.1) is 11.3 Å². The second-order valence-corrected chi connectivity index (χ2v) is 5.86. The van der Waals surface area contributed by atoms with Crippen LogP contribution in [0.3, 0.4) is 0 Å². The van der Waals surface area contributed by atoms with Crippen molar-refractivity contribution in [1.29, 1.82) is 5.26 Å². The van der Waals surface area contributed by atoms with Crippen molar-refractivity contribution in [2.24, 2.45) is 10.7 Å². The molecule has 1 fully saturated rings. The van der Waals surface area contributed by atoms with Crippen molar-refractivity contribution < 1.29 is 0 Å². The molecule has 7 heteroatoms. The molecule has 1 aliphatic rings. The molecule has 0 amide bonds. The molecule has 1 aliphatic carbocycles. The molecule has 2 aromatic rings. The standard InChI is InChI=1S/C17H21N7/c18-11-14-15(7-4-10-21-17(20)22-12-8-9-12)23-24(16(14)19)13-5-2-1-3-6-13/h1-3,5-6,12H,4,7-10,19H2,(H3,20,21,22). The van der Waals surface area contributed by atoms with Crippen LogP contribution in [0.5, 0.6) is 0 Å². The van der Waals surface area contributed by atoms with Gasteiger partial charge in [-0.1, -0.05) is 18.2 Å². The minimum Gasteiger partial charge on any atom is -0.382 e. The van der Waals surface area contributed by atoms with E-state index in [4.69, 9.17) is 11.5 Å². The van der Waals surface area contributed by atoms with Crippen LogP contribution in [-0.4, -0.2) is 28.3 Å². The lowest BCUT2D eigenvalue weighted by Crippen LogP contribution is -2.33. The lowest BCUT2D eigenvalue weighted by Gasteiger charge is -2.03. The molecule has 24 heavy (non-hydrogen) atoms. The van der Waals surface area contributed by atoms with Gasteiger partial charge in [0.15, 0.2) is 5.96 Å². The number of anilines is 1. The number of aryl methyl sites for hydroxylation is 1. The first-order valence-corrected chi connectivity index (χ1v) is 8.08. The highest BCUT2D eigenvalue weighted by atomic mass is 15.3. The smallest absolute Gasteiger partial charge is 0.188 e. The minimum absolute atomic E-state index is 0.372. The SMILES string of the molecule is N#Cc1c(CCCN=C(N)NC2CC2)nn(-c2ccccc2)c1N. The average Bonchev–Trinajstić information content (AvgIpc) is 3.34. The Morgan fingerprint density at radius 1 is 1.38 bits per heavy atom. The molecule has 0 unspecified atom stereocenters. The highest BCUT2D eigenvalue weighted by Crippen LogP contribution is 2.21. The van der Waals surface area contributed by atoms with Crippen molar-refractivity contribution in [3.8, 4) is 11.8 Å². The van der Waals surface area contributed by atoms with E-state index in [0.717, 1.165) is 24.9 Å². The van der Waals surface area contributed by atoms with Crippen LogP contribution in [0.2, 0.25) is 0 Å². The summed E-state index contributed by atoms with van der Waals surface area (Å²) in [6.45, 7) is 0.592. The fourth-order valence-electron chi connectivity index (χ4n) is 2.47. The molecule has 7 nitrogen and oxygen atoms in total. The molecule has 0 aliphatic heterocycles. The van der Waals surface area contributed by atoms with Gasteiger partial charge in [-0.15, -0.1) is 0 Å². The zero-order chi connectivity index (χ0) is 16.9. The van der Waals surface area contributed by atoms with Gasteiger partial charge in [0.05, 0.1) is 11.4 Å². The number of hydrogen-bond donors (Lipinski definition) is 3. The number of nitrogens with one attached hydrogen (secondary N) is 1. The summed E-state index contributed by atoms with van der Waals surface area (Å²) in [6, 6.07) is 12.2. The second-order valence-electron chi connectivity index (χ2n) is 5.86. The van der Waals surface area contributed by atoms with Crippen molar-refractivity contribution in [2.45, 2.75) is 31.7 Å². The van der Waals surface area contributed by atoms with E-state index in [1.54, 1.807) is 4.68 Å². The summed E-state index contributed by atoms with van der Waals surface area (Å²) in [5, 5.41) is 17.0. The molecule has 0 bridgehead atoms. The van der Waals surface area contributed by atoms with Gasteiger partial charge in [0.25, 0.3) is 0 Å². The fourth-order valence-corrected chi connectivity index (χ4v) is 2.47. The first-order chi connectivity index (χ1) is 11.7. The molecule has 0 spiro atoms. The Kier molecular flexibility index (Phi) is 4.66. The molecule has 0 saturated heterocycles. The van der Waals surface area contributed by atoms with Gasteiger partial charge in [-0.25, -0.2) is 4.68 Å². The van der Waals surface area contributed by atoms with E-state index in [0.29, 0.717) is 42.0 Å². The van der Waals surface area contributed by atoms with E-state index < -0.39 is 0 Å². The molecule has 1 saturated carbocycles. The summed E-state index contributed by atoms with van der Waals surface area (Å²) < 4.78 is 1.61. The number of nitrogens with zero attached hydrogens (tertiary/aromatic N) is 4. The largest absolute Gasteiger partial charge is 0.382 e. The van der Waals surface area contributed by atoms with E-state index in [1.807, 2.05) is 30.3 Å². The molecule has 1 aromatic heterocycles. The van der Waals surface area contributed by atoms with Crippen LogP contribution in [0.1, 0.15) is 30.5 Å². The van der Waals surface area contributed by atoms with Crippen molar-refractivity contribution in [1.82, 2.24) is 15.1 Å². The number of aliphatic imine (C=N–C) groups is 1. The Morgan fingerprint density at radius 3 is 2.79 bits per heavy atom. The summed E-state index contributed by atoms with van der Waals surface area (Å²) in [6.07, 6.45) is 3.72. The van der Waals surface area contributed by atoms with Crippen molar-refractivity contribution in [3.05, 3.63) is 41.6 Å². The Labute approximate surface area is 141 Å². The van der Waals surface area contributed by atoms with E-state index in [2.05, 4.69) is 21.5 Å². The summed E-state index contributed by atoms with van der Waals surface area (Å²) in [7, 11) is 0. The number of benzene rings is 1. The number of para-hydroxylation sites is 1. The third kappa shape index (κ3) is 3.66. The van der Waals surface area contributed by atoms with Crippen LogP contribution >= 0.6 is 0 Å². The Hall–Kier alpha value is -3.01. The van der Waals surface area contributed by atoms with E-state index >= 15 is 0 Å². The molecule has 1 heterocycles. The van der Waals surface area contributed by atoms with Gasteiger partial charge < -0.3 is 16.8 Å². The van der Waals surface area contributed by atoms with Gasteiger partial charge in [0.1, 0.15) is 17.5 Å². The van der Waals surface area contributed by atoms with Crippen molar-refractivity contribution in [2.75, 3.05) is 12.3 Å². The Balaban J connectivity index is 1.66. The first kappa shape index (κ1) is 15.9. The Morgan fingerprint density at radius 2 is 2.12 bits per heavy atom. The molecular formula is C17H21N7. The number of nitrogen functional groups attached to an aromatic ring is 1. The van der Waals surface area contributed by atoms with Gasteiger partial charge in [0.2, 0.25) is 0 Å². The van der Waals surface area contributed by atoms with Gasteiger partial charge in [-0.05, 0) is 37.8 Å². The number of nitrogens with two attached hydrogens (primary N) is 2. The molecule has 1 aromatic carbocycles. The van der Waals surface area contributed by atoms with Crippen LogP contribution in [-0.2, 0) is 6.42 Å². The number of aromatic nitrogens is 2. The maximum absolute atomic E-state index is 9.37. The first-order valence-electron chi connectivity index (χ1n) is 8.08. The quantitative estimate of drug-likeness (QED) is 0.421. The number of rotatable bonds is 6. The molecule has 0 radical (unpaired) electrons. The van der Waals surface area contributed by atoms with E-state index in [1.165, 1.54) is 0 Å². The van der Waals surface area contributed by atoms with Gasteiger partial charge in [-0.2, -0.15) is 10.4 Å². The third-order valence-electron chi connectivity index (χ3n) is 3.89. The predicted octanol–water partition coefficient (Wildman–Crippen LogP) is 1.33. The van der Waals surface area contributed by atoms with Crippen LogP contribution in [0.15, 0.2) is 35.3 Å².